The van der Waals surface area contributed by atoms with E-state index in [2.05, 4.69) is 47.9 Å². The first-order valence-electron chi connectivity index (χ1n) is 8.71. The molecule has 3 rings (SSSR count). The van der Waals surface area contributed by atoms with Crippen LogP contribution in [-0.2, 0) is 12.0 Å². The monoisotopic (exact) mass is 418 g/mol. The molecule has 0 saturated carbocycles. The molecule has 0 radical (unpaired) electrons. The van der Waals surface area contributed by atoms with Gasteiger partial charge >= 0.3 is 6.01 Å². The minimum atomic E-state index is 0. The summed E-state index contributed by atoms with van der Waals surface area (Å²) in [7, 11) is 1.53. The van der Waals surface area contributed by atoms with Crippen LogP contribution in [0.3, 0.4) is 0 Å². The van der Waals surface area contributed by atoms with Crippen molar-refractivity contribution in [2.24, 2.45) is 5.73 Å². The highest BCUT2D eigenvalue weighted by molar-refractivity contribution is 6.33. The van der Waals surface area contributed by atoms with Crippen molar-refractivity contribution in [3.05, 3.63) is 58.6 Å². The third-order valence-electron chi connectivity index (χ3n) is 4.29. The van der Waals surface area contributed by atoms with Crippen molar-refractivity contribution < 1.29 is 4.74 Å². The Morgan fingerprint density at radius 1 is 1.00 bits per heavy atom. The van der Waals surface area contributed by atoms with Gasteiger partial charge in [0.05, 0.1) is 12.1 Å². The van der Waals surface area contributed by atoms with E-state index in [1.165, 1.54) is 12.7 Å². The molecule has 0 saturated heterocycles. The zero-order valence-electron chi connectivity index (χ0n) is 16.4. The molecule has 2 aromatic carbocycles. The topological polar surface area (TPSA) is 73.9 Å². The predicted octanol–water partition coefficient (Wildman–Crippen LogP) is 5.05. The number of nitrogens with zero attached hydrogens (tertiary/aromatic N) is 3. The molecule has 2 N–H and O–H groups in total. The molecule has 0 fully saturated rings. The minimum absolute atomic E-state index is 0. The number of hydrogen-bond acceptors (Lipinski definition) is 5. The number of methoxy groups -OCH3 is 1. The van der Waals surface area contributed by atoms with Crippen molar-refractivity contribution in [3.63, 3.8) is 0 Å². The van der Waals surface area contributed by atoms with Crippen molar-refractivity contribution >= 4 is 24.0 Å². The standard InChI is InChI=1S/C21H23ClN4O.ClH/c1-21(2,3)15-7-5-6-14(11-15)18-24-19(26-20(25-18)27-4)16-10-13(12-23)8-9-17(16)22;/h5-11H,12,23H2,1-4H3;1H. The molecule has 7 heteroatoms. The maximum absolute atomic E-state index is 6.38. The molecular weight excluding hydrogens is 395 g/mol. The molecule has 28 heavy (non-hydrogen) atoms. The number of hydrogen-bond donors (Lipinski definition) is 1. The van der Waals surface area contributed by atoms with Gasteiger partial charge in [0.2, 0.25) is 0 Å². The van der Waals surface area contributed by atoms with E-state index in [-0.39, 0.29) is 23.8 Å². The summed E-state index contributed by atoms with van der Waals surface area (Å²) in [5.74, 6) is 0.996. The molecule has 3 aromatic rings. The van der Waals surface area contributed by atoms with Crippen LogP contribution in [-0.4, -0.2) is 22.1 Å². The second kappa shape index (κ2) is 8.86. The number of halogens is 2. The van der Waals surface area contributed by atoms with Gasteiger partial charge in [-0.15, -0.1) is 12.4 Å². The molecule has 5 nitrogen and oxygen atoms in total. The average Bonchev–Trinajstić information content (AvgIpc) is 2.67. The summed E-state index contributed by atoms with van der Waals surface area (Å²) >= 11 is 6.38. The fourth-order valence-corrected chi connectivity index (χ4v) is 2.89. The third-order valence-corrected chi connectivity index (χ3v) is 4.62. The van der Waals surface area contributed by atoms with E-state index in [9.17, 15) is 0 Å². The molecule has 0 aliphatic heterocycles. The first-order chi connectivity index (χ1) is 12.8. The molecule has 0 unspecified atom stereocenters. The Labute approximate surface area is 176 Å². The maximum atomic E-state index is 6.38. The molecule has 0 amide bonds. The Morgan fingerprint density at radius 3 is 2.36 bits per heavy atom. The van der Waals surface area contributed by atoms with Crippen LogP contribution in [0.1, 0.15) is 31.9 Å². The zero-order valence-corrected chi connectivity index (χ0v) is 17.9. The average molecular weight is 419 g/mol. The molecule has 0 atom stereocenters. The van der Waals surface area contributed by atoms with E-state index in [1.54, 1.807) is 6.07 Å². The number of aromatic nitrogens is 3. The largest absolute Gasteiger partial charge is 0.467 e. The van der Waals surface area contributed by atoms with Crippen molar-refractivity contribution in [1.82, 2.24) is 15.0 Å². The first-order valence-corrected chi connectivity index (χ1v) is 9.09. The van der Waals surface area contributed by atoms with Crippen molar-refractivity contribution in [2.75, 3.05) is 7.11 Å². The lowest BCUT2D eigenvalue weighted by Crippen LogP contribution is -2.11. The fourth-order valence-electron chi connectivity index (χ4n) is 2.69. The van der Waals surface area contributed by atoms with Crippen LogP contribution in [0.4, 0.5) is 0 Å². The molecular formula is C21H24Cl2N4O. The third kappa shape index (κ3) is 4.79. The summed E-state index contributed by atoms with van der Waals surface area (Å²) in [6.07, 6.45) is 0. The van der Waals surface area contributed by atoms with Gasteiger partial charge in [-0.05, 0) is 34.7 Å². The smallest absolute Gasteiger partial charge is 0.320 e. The van der Waals surface area contributed by atoms with E-state index < -0.39 is 0 Å². The molecule has 0 aliphatic carbocycles. The number of ether oxygens (including phenoxy) is 1. The van der Waals surface area contributed by atoms with Crippen LogP contribution in [0.25, 0.3) is 22.8 Å². The molecule has 0 aliphatic rings. The minimum Gasteiger partial charge on any atom is -0.467 e. The van der Waals surface area contributed by atoms with E-state index in [0.717, 1.165) is 11.1 Å². The number of rotatable bonds is 4. The summed E-state index contributed by atoms with van der Waals surface area (Å²) in [5.41, 5.74) is 9.53. The van der Waals surface area contributed by atoms with E-state index >= 15 is 0 Å². The first kappa shape index (κ1) is 22.1. The van der Waals surface area contributed by atoms with Crippen LogP contribution in [0.2, 0.25) is 5.02 Å². The lowest BCUT2D eigenvalue weighted by atomic mass is 9.86. The van der Waals surface area contributed by atoms with E-state index in [0.29, 0.717) is 28.8 Å². The lowest BCUT2D eigenvalue weighted by molar-refractivity contribution is 0.379. The van der Waals surface area contributed by atoms with Gasteiger partial charge in [0.1, 0.15) is 0 Å². The molecule has 0 bridgehead atoms. The highest BCUT2D eigenvalue weighted by atomic mass is 35.5. The predicted molar refractivity (Wildman–Crippen MR) is 116 cm³/mol. The summed E-state index contributed by atoms with van der Waals surface area (Å²) in [6.45, 7) is 6.92. The van der Waals surface area contributed by atoms with Gasteiger partial charge < -0.3 is 10.5 Å². The van der Waals surface area contributed by atoms with Crippen LogP contribution < -0.4 is 10.5 Å². The summed E-state index contributed by atoms with van der Waals surface area (Å²) < 4.78 is 5.30. The molecule has 148 valence electrons. The summed E-state index contributed by atoms with van der Waals surface area (Å²) in [4.78, 5) is 13.5. The molecule has 1 aromatic heterocycles. The molecule has 1 heterocycles. The van der Waals surface area contributed by atoms with Gasteiger partial charge in [0, 0.05) is 17.7 Å². The Kier molecular flexibility index (Phi) is 6.99. The van der Waals surface area contributed by atoms with Crippen LogP contribution in [0.5, 0.6) is 6.01 Å². The summed E-state index contributed by atoms with van der Waals surface area (Å²) in [6, 6.07) is 14.0. The van der Waals surface area contributed by atoms with Gasteiger partial charge in [-0.25, -0.2) is 4.98 Å². The molecule has 0 spiro atoms. The Balaban J connectivity index is 0.00000280. The van der Waals surface area contributed by atoms with Gasteiger partial charge in [-0.2, -0.15) is 9.97 Å². The highest BCUT2D eigenvalue weighted by Crippen LogP contribution is 2.30. The quantitative estimate of drug-likeness (QED) is 0.641. The van der Waals surface area contributed by atoms with Crippen molar-refractivity contribution in [1.29, 1.82) is 0 Å². The second-order valence-electron chi connectivity index (χ2n) is 7.32. The number of nitrogens with two attached hydrogens (primary N) is 1. The fraction of sp³-hybridized carbons (Fsp3) is 0.286. The van der Waals surface area contributed by atoms with Crippen LogP contribution in [0, 0.1) is 0 Å². The lowest BCUT2D eigenvalue weighted by Gasteiger charge is -2.19. The Morgan fingerprint density at radius 2 is 1.71 bits per heavy atom. The number of benzene rings is 2. The van der Waals surface area contributed by atoms with Crippen LogP contribution in [0.15, 0.2) is 42.5 Å². The van der Waals surface area contributed by atoms with Gasteiger partial charge in [-0.1, -0.05) is 56.6 Å². The van der Waals surface area contributed by atoms with Crippen molar-refractivity contribution in [3.8, 4) is 28.8 Å². The van der Waals surface area contributed by atoms with E-state index in [4.69, 9.17) is 22.1 Å². The van der Waals surface area contributed by atoms with E-state index in [1.807, 2.05) is 24.3 Å². The van der Waals surface area contributed by atoms with Crippen molar-refractivity contribution in [2.45, 2.75) is 32.7 Å². The Hall–Kier alpha value is -2.21. The SMILES string of the molecule is COc1nc(-c2cccc(C(C)(C)C)c2)nc(-c2cc(CN)ccc2Cl)n1.Cl. The normalized spacial score (nSPS) is 11.1. The van der Waals surface area contributed by atoms with Crippen LogP contribution >= 0.6 is 24.0 Å². The summed E-state index contributed by atoms with van der Waals surface area (Å²) in [5, 5.41) is 0.551. The maximum Gasteiger partial charge on any atom is 0.320 e. The zero-order chi connectivity index (χ0) is 19.6. The second-order valence-corrected chi connectivity index (χ2v) is 7.73. The van der Waals surface area contributed by atoms with Gasteiger partial charge in [0.15, 0.2) is 11.6 Å². The Bertz CT molecular complexity index is 971. The van der Waals surface area contributed by atoms with Gasteiger partial charge in [-0.3, -0.25) is 0 Å². The highest BCUT2D eigenvalue weighted by Gasteiger charge is 2.17. The van der Waals surface area contributed by atoms with Gasteiger partial charge in [0.25, 0.3) is 0 Å².